The molecule has 0 radical (unpaired) electrons. The van der Waals surface area contributed by atoms with Crippen molar-refractivity contribution >= 4 is 12.0 Å². The van der Waals surface area contributed by atoms with Gasteiger partial charge >= 0.3 is 6.09 Å². The molecular weight excluding hydrogens is 184 g/mol. The molecule has 2 rings (SSSR count). The van der Waals surface area contributed by atoms with Crippen molar-refractivity contribution in [2.75, 3.05) is 13.2 Å². The Bertz CT molecular complexity index is 271. The Labute approximate surface area is 82.2 Å². The summed E-state index contributed by atoms with van der Waals surface area (Å²) in [4.78, 5) is 22.2. The summed E-state index contributed by atoms with van der Waals surface area (Å²) in [5.74, 6) is 0.122. The van der Waals surface area contributed by atoms with E-state index in [4.69, 9.17) is 4.74 Å². The van der Waals surface area contributed by atoms with Gasteiger partial charge in [0.2, 0.25) is 5.91 Å². The minimum absolute atomic E-state index is 0.0388. The van der Waals surface area contributed by atoms with Gasteiger partial charge in [-0.1, -0.05) is 0 Å². The number of cyclic esters (lactones) is 1. The SMILES string of the molecule is CCNC(=O)C1CC2(COC(=O)N2)C1. The number of carbonyl (C=O) groups excluding carboxylic acids is 2. The number of carbonyl (C=O) groups is 2. The first kappa shape index (κ1) is 9.30. The molecule has 0 aromatic carbocycles. The van der Waals surface area contributed by atoms with Gasteiger partial charge in [-0.3, -0.25) is 4.79 Å². The van der Waals surface area contributed by atoms with Crippen LogP contribution in [0.15, 0.2) is 0 Å². The Morgan fingerprint density at radius 3 is 2.93 bits per heavy atom. The van der Waals surface area contributed by atoms with E-state index >= 15 is 0 Å². The predicted octanol–water partition coefficient (Wildman–Crippen LogP) is 0.0111. The molecule has 1 spiro atoms. The standard InChI is InChI=1S/C9H14N2O3/c1-2-10-7(12)6-3-9(4-6)5-14-8(13)11-9/h6H,2-5H2,1H3,(H,10,12)(H,11,13). The first-order valence-electron chi connectivity index (χ1n) is 4.88. The number of amides is 2. The molecule has 0 bridgehead atoms. The van der Waals surface area contributed by atoms with Crippen LogP contribution in [-0.4, -0.2) is 30.7 Å². The smallest absolute Gasteiger partial charge is 0.407 e. The third kappa shape index (κ3) is 1.42. The van der Waals surface area contributed by atoms with E-state index in [0.29, 0.717) is 26.0 Å². The lowest BCUT2D eigenvalue weighted by Gasteiger charge is -2.41. The van der Waals surface area contributed by atoms with Gasteiger partial charge in [-0.25, -0.2) is 4.79 Å². The number of rotatable bonds is 2. The van der Waals surface area contributed by atoms with Gasteiger partial charge in [0.25, 0.3) is 0 Å². The molecule has 14 heavy (non-hydrogen) atoms. The van der Waals surface area contributed by atoms with E-state index in [2.05, 4.69) is 10.6 Å². The summed E-state index contributed by atoms with van der Waals surface area (Å²) >= 11 is 0. The molecule has 1 saturated carbocycles. The maximum Gasteiger partial charge on any atom is 0.407 e. The van der Waals surface area contributed by atoms with Crippen molar-refractivity contribution in [1.82, 2.24) is 10.6 Å². The highest BCUT2D eigenvalue weighted by molar-refractivity contribution is 5.81. The van der Waals surface area contributed by atoms with Gasteiger partial charge in [-0.15, -0.1) is 0 Å². The topological polar surface area (TPSA) is 67.4 Å². The first-order chi connectivity index (χ1) is 6.65. The van der Waals surface area contributed by atoms with Gasteiger partial charge in [-0.2, -0.15) is 0 Å². The zero-order chi connectivity index (χ0) is 10.2. The van der Waals surface area contributed by atoms with Crippen LogP contribution in [0.3, 0.4) is 0 Å². The van der Waals surface area contributed by atoms with E-state index in [9.17, 15) is 9.59 Å². The Kier molecular flexibility index (Phi) is 2.09. The van der Waals surface area contributed by atoms with Crippen LogP contribution in [-0.2, 0) is 9.53 Å². The van der Waals surface area contributed by atoms with Crippen LogP contribution in [0.5, 0.6) is 0 Å². The Morgan fingerprint density at radius 2 is 2.43 bits per heavy atom. The lowest BCUT2D eigenvalue weighted by molar-refractivity contribution is -0.130. The summed E-state index contributed by atoms with van der Waals surface area (Å²) in [5, 5.41) is 5.53. The van der Waals surface area contributed by atoms with Gasteiger partial charge in [0.1, 0.15) is 6.61 Å². The van der Waals surface area contributed by atoms with Crippen LogP contribution in [0.25, 0.3) is 0 Å². The van der Waals surface area contributed by atoms with E-state index in [1.807, 2.05) is 6.92 Å². The molecule has 1 aliphatic heterocycles. The fraction of sp³-hybridized carbons (Fsp3) is 0.778. The van der Waals surface area contributed by atoms with Crippen LogP contribution >= 0.6 is 0 Å². The molecule has 0 aromatic rings. The lowest BCUT2D eigenvalue weighted by Crippen LogP contribution is -2.57. The van der Waals surface area contributed by atoms with Gasteiger partial charge < -0.3 is 15.4 Å². The number of hydrogen-bond acceptors (Lipinski definition) is 3. The molecule has 2 fully saturated rings. The maximum absolute atomic E-state index is 11.4. The molecule has 5 heteroatoms. The zero-order valence-corrected chi connectivity index (χ0v) is 8.13. The highest BCUT2D eigenvalue weighted by atomic mass is 16.6. The van der Waals surface area contributed by atoms with Crippen LogP contribution < -0.4 is 10.6 Å². The van der Waals surface area contributed by atoms with Crippen LogP contribution in [0, 0.1) is 5.92 Å². The number of alkyl carbamates (subject to hydrolysis) is 1. The van der Waals surface area contributed by atoms with Gasteiger partial charge in [0, 0.05) is 12.5 Å². The molecule has 78 valence electrons. The van der Waals surface area contributed by atoms with Crippen molar-refractivity contribution in [2.24, 2.45) is 5.92 Å². The van der Waals surface area contributed by atoms with E-state index < -0.39 is 0 Å². The summed E-state index contributed by atoms with van der Waals surface area (Å²) in [6.45, 7) is 2.96. The highest BCUT2D eigenvalue weighted by Gasteiger charge is 2.52. The van der Waals surface area contributed by atoms with Crippen molar-refractivity contribution < 1.29 is 14.3 Å². The molecule has 1 saturated heterocycles. The fourth-order valence-electron chi connectivity index (χ4n) is 2.10. The molecule has 0 aromatic heterocycles. The second-order valence-corrected chi connectivity index (χ2v) is 3.98. The van der Waals surface area contributed by atoms with E-state index in [1.165, 1.54) is 0 Å². The second-order valence-electron chi connectivity index (χ2n) is 3.98. The Balaban J connectivity index is 1.84. The van der Waals surface area contributed by atoms with Gasteiger partial charge in [-0.05, 0) is 19.8 Å². The predicted molar refractivity (Wildman–Crippen MR) is 48.6 cm³/mol. The molecule has 1 aliphatic carbocycles. The normalized spacial score (nSPS) is 34.6. The molecular formula is C9H14N2O3. The fourth-order valence-corrected chi connectivity index (χ4v) is 2.10. The third-order valence-electron chi connectivity index (χ3n) is 2.84. The third-order valence-corrected chi connectivity index (χ3v) is 2.84. The molecule has 2 amide bonds. The molecule has 2 aliphatic rings. The monoisotopic (exact) mass is 198 g/mol. The summed E-state index contributed by atoms with van der Waals surface area (Å²) < 4.78 is 4.82. The lowest BCUT2D eigenvalue weighted by atomic mass is 9.68. The van der Waals surface area contributed by atoms with Crippen LogP contribution in [0.4, 0.5) is 4.79 Å². The van der Waals surface area contributed by atoms with E-state index in [-0.39, 0.29) is 23.5 Å². The average molecular weight is 198 g/mol. The first-order valence-corrected chi connectivity index (χ1v) is 4.88. The molecule has 0 atom stereocenters. The highest BCUT2D eigenvalue weighted by Crippen LogP contribution is 2.40. The van der Waals surface area contributed by atoms with Crippen molar-refractivity contribution in [3.05, 3.63) is 0 Å². The molecule has 2 N–H and O–H groups in total. The van der Waals surface area contributed by atoms with Crippen molar-refractivity contribution in [2.45, 2.75) is 25.3 Å². The van der Waals surface area contributed by atoms with E-state index in [0.717, 1.165) is 0 Å². The summed E-state index contributed by atoms with van der Waals surface area (Å²) in [6.07, 6.45) is 1.04. The zero-order valence-electron chi connectivity index (χ0n) is 8.13. The number of nitrogens with one attached hydrogen (secondary N) is 2. The number of hydrogen-bond donors (Lipinski definition) is 2. The Hall–Kier alpha value is -1.26. The summed E-state index contributed by atoms with van der Waals surface area (Å²) in [5.41, 5.74) is -0.243. The summed E-state index contributed by atoms with van der Waals surface area (Å²) in [7, 11) is 0. The van der Waals surface area contributed by atoms with Gasteiger partial charge in [0.05, 0.1) is 5.54 Å². The van der Waals surface area contributed by atoms with Crippen molar-refractivity contribution in [1.29, 1.82) is 0 Å². The Morgan fingerprint density at radius 1 is 1.71 bits per heavy atom. The minimum atomic E-state index is -0.362. The minimum Gasteiger partial charge on any atom is -0.447 e. The quantitative estimate of drug-likeness (QED) is 0.657. The average Bonchev–Trinajstić information content (AvgIpc) is 2.45. The maximum atomic E-state index is 11.4. The second kappa shape index (κ2) is 3.15. The van der Waals surface area contributed by atoms with Gasteiger partial charge in [0.15, 0.2) is 0 Å². The molecule has 1 heterocycles. The molecule has 5 nitrogen and oxygen atoms in total. The van der Waals surface area contributed by atoms with Crippen molar-refractivity contribution in [3.8, 4) is 0 Å². The largest absolute Gasteiger partial charge is 0.447 e. The van der Waals surface area contributed by atoms with E-state index in [1.54, 1.807) is 0 Å². The van der Waals surface area contributed by atoms with Crippen LogP contribution in [0.1, 0.15) is 19.8 Å². The van der Waals surface area contributed by atoms with Crippen molar-refractivity contribution in [3.63, 3.8) is 0 Å². The van der Waals surface area contributed by atoms with Crippen LogP contribution in [0.2, 0.25) is 0 Å². The number of ether oxygens (including phenoxy) is 1. The molecule has 0 unspecified atom stereocenters. The summed E-state index contributed by atoms with van der Waals surface area (Å²) in [6, 6.07) is 0.